The number of aryl methyl sites for hydroxylation is 1. The van der Waals surface area contributed by atoms with Crippen molar-refractivity contribution in [2.75, 3.05) is 18.5 Å². The lowest BCUT2D eigenvalue weighted by Gasteiger charge is -2.33. The van der Waals surface area contributed by atoms with Crippen LogP contribution in [0.1, 0.15) is 119 Å². The molecule has 212 valence electrons. The number of rotatable bonds is 9. The molecule has 0 saturated heterocycles. The molecule has 0 aliphatic heterocycles. The minimum absolute atomic E-state index is 0.240. The van der Waals surface area contributed by atoms with Crippen molar-refractivity contribution in [3.05, 3.63) is 64.6 Å². The number of anilines is 1. The van der Waals surface area contributed by atoms with E-state index in [1.165, 1.54) is 36.1 Å². The van der Waals surface area contributed by atoms with Crippen LogP contribution in [0.25, 0.3) is 0 Å². The summed E-state index contributed by atoms with van der Waals surface area (Å²) >= 11 is 4.35. The Hall–Kier alpha value is -1.41. The summed E-state index contributed by atoms with van der Waals surface area (Å²) in [5.41, 5.74) is 5.15. The van der Waals surface area contributed by atoms with E-state index in [1.54, 1.807) is 0 Å². The van der Waals surface area contributed by atoms with Gasteiger partial charge in [-0.2, -0.15) is 0 Å². The highest BCUT2D eigenvalue weighted by molar-refractivity contribution is 7.84. The molecule has 0 radical (unpaired) electrons. The van der Waals surface area contributed by atoms with E-state index in [0.717, 1.165) is 24.3 Å². The van der Waals surface area contributed by atoms with Crippen LogP contribution < -0.4 is 4.90 Å². The van der Waals surface area contributed by atoms with Gasteiger partial charge < -0.3 is 4.90 Å². The Morgan fingerprint density at radius 1 is 1.00 bits per heavy atom. The lowest BCUT2D eigenvalue weighted by atomic mass is 9.72. The largest absolute Gasteiger partial charge is 0.375 e. The smallest absolute Gasteiger partial charge is 0.0396 e. The molecule has 0 amide bonds. The van der Waals surface area contributed by atoms with Gasteiger partial charge in [-0.1, -0.05) is 112 Å². The highest BCUT2D eigenvalue weighted by Gasteiger charge is 2.28. The Labute approximate surface area is 238 Å². The molecule has 0 fully saturated rings. The van der Waals surface area contributed by atoms with Gasteiger partial charge in [-0.3, -0.25) is 0 Å². The summed E-state index contributed by atoms with van der Waals surface area (Å²) in [5.74, 6) is 0.626. The summed E-state index contributed by atoms with van der Waals surface area (Å²) in [6, 6.07) is 6.97. The zero-order valence-electron chi connectivity index (χ0n) is 26.8. The number of nitrogens with zero attached hydrogens (tertiary/aromatic N) is 1. The Morgan fingerprint density at radius 3 is 2.08 bits per heavy atom. The molecule has 2 rings (SSSR count). The van der Waals surface area contributed by atoms with Crippen molar-refractivity contribution in [2.45, 2.75) is 121 Å². The normalized spacial score (nSPS) is 17.2. The van der Waals surface area contributed by atoms with Crippen molar-refractivity contribution >= 4 is 18.3 Å². The molecule has 37 heavy (non-hydrogen) atoms. The molecular formula is C35H61NS. The summed E-state index contributed by atoms with van der Waals surface area (Å²) in [7, 11) is 2.17. The number of hydrogen-bond donors (Lipinski definition) is 1. The van der Waals surface area contributed by atoms with Crippen LogP contribution in [0.15, 0.2) is 53.5 Å². The van der Waals surface area contributed by atoms with Crippen molar-refractivity contribution in [3.63, 3.8) is 0 Å². The predicted octanol–water partition coefficient (Wildman–Crippen LogP) is 11.3. The number of thiol groups is 1. The molecule has 0 spiro atoms. The second-order valence-electron chi connectivity index (χ2n) is 12.5. The highest BCUT2D eigenvalue weighted by Crippen LogP contribution is 2.39. The Balaban J connectivity index is 0.000000679. The molecule has 1 aromatic carbocycles. The minimum Gasteiger partial charge on any atom is -0.375 e. The van der Waals surface area contributed by atoms with Gasteiger partial charge in [0.2, 0.25) is 0 Å². The topological polar surface area (TPSA) is 3.24 Å². The molecule has 0 saturated carbocycles. The number of benzene rings is 1. The zero-order valence-corrected chi connectivity index (χ0v) is 27.7. The average Bonchev–Trinajstić information content (AvgIpc) is 2.87. The van der Waals surface area contributed by atoms with Crippen molar-refractivity contribution in [2.24, 2.45) is 16.7 Å². The van der Waals surface area contributed by atoms with Crippen molar-refractivity contribution in [3.8, 4) is 0 Å². The molecule has 1 aliphatic rings. The van der Waals surface area contributed by atoms with Crippen molar-refractivity contribution < 1.29 is 0 Å². The van der Waals surface area contributed by atoms with E-state index in [0.29, 0.717) is 16.7 Å². The second kappa shape index (κ2) is 16.5. The summed E-state index contributed by atoms with van der Waals surface area (Å²) in [6.07, 6.45) is 17.3. The fourth-order valence-electron chi connectivity index (χ4n) is 4.43. The van der Waals surface area contributed by atoms with Crippen LogP contribution in [0.4, 0.5) is 5.69 Å². The maximum atomic E-state index is 4.35. The molecular weight excluding hydrogens is 466 g/mol. The Kier molecular flexibility index (Phi) is 15.9. The Bertz CT molecular complexity index is 868. The van der Waals surface area contributed by atoms with Crippen LogP contribution in [-0.4, -0.2) is 13.6 Å². The molecule has 0 heterocycles. The first-order valence-electron chi connectivity index (χ1n) is 14.8. The van der Waals surface area contributed by atoms with E-state index in [9.17, 15) is 0 Å². The maximum absolute atomic E-state index is 4.35. The monoisotopic (exact) mass is 527 g/mol. The first-order valence-corrected chi connectivity index (χ1v) is 15.2. The van der Waals surface area contributed by atoms with Gasteiger partial charge in [-0.25, -0.2) is 0 Å². The van der Waals surface area contributed by atoms with Crippen LogP contribution in [0.3, 0.4) is 0 Å². The lowest BCUT2D eigenvalue weighted by Crippen LogP contribution is -2.23. The maximum Gasteiger partial charge on any atom is 0.0396 e. The molecule has 1 nitrogen and oxygen atoms in total. The molecule has 0 bridgehead atoms. The summed E-state index contributed by atoms with van der Waals surface area (Å²) < 4.78 is 0. The van der Waals surface area contributed by atoms with Gasteiger partial charge in [0.1, 0.15) is 0 Å². The van der Waals surface area contributed by atoms with Crippen molar-refractivity contribution in [1.29, 1.82) is 0 Å². The van der Waals surface area contributed by atoms with Crippen LogP contribution in [-0.2, 0) is 5.41 Å². The molecule has 2 unspecified atom stereocenters. The van der Waals surface area contributed by atoms with E-state index in [1.807, 2.05) is 13.8 Å². The van der Waals surface area contributed by atoms with Crippen LogP contribution >= 0.6 is 12.6 Å². The third-order valence-corrected chi connectivity index (χ3v) is 8.13. The Morgan fingerprint density at radius 2 is 1.62 bits per heavy atom. The van der Waals surface area contributed by atoms with Gasteiger partial charge >= 0.3 is 0 Å². The minimum atomic E-state index is 0.240. The summed E-state index contributed by atoms with van der Waals surface area (Å²) in [6.45, 7) is 28.0. The average molecular weight is 528 g/mol. The van der Waals surface area contributed by atoms with Crippen molar-refractivity contribution in [1.82, 2.24) is 0 Å². The van der Waals surface area contributed by atoms with Gasteiger partial charge in [0.15, 0.2) is 0 Å². The van der Waals surface area contributed by atoms with Gasteiger partial charge in [0, 0.05) is 19.3 Å². The fraction of sp³-hybridized carbons (Fsp3) is 0.657. The predicted molar refractivity (Wildman–Crippen MR) is 175 cm³/mol. The van der Waals surface area contributed by atoms with Gasteiger partial charge in [0.05, 0.1) is 0 Å². The van der Waals surface area contributed by atoms with E-state index in [4.69, 9.17) is 0 Å². The van der Waals surface area contributed by atoms with Gasteiger partial charge in [0.25, 0.3) is 0 Å². The van der Waals surface area contributed by atoms with E-state index >= 15 is 0 Å². The second-order valence-corrected chi connectivity index (χ2v) is 13.0. The zero-order chi connectivity index (χ0) is 28.9. The third kappa shape index (κ3) is 12.3. The molecule has 2 atom stereocenters. The molecule has 1 aliphatic carbocycles. The number of allylic oxidation sites excluding steroid dienone is 5. The number of hydrogen-bond acceptors (Lipinski definition) is 2. The first-order chi connectivity index (χ1) is 17.2. The first kappa shape index (κ1) is 35.6. The highest BCUT2D eigenvalue weighted by atomic mass is 32.1. The molecule has 0 N–H and O–H groups in total. The standard InChI is InChI=1S/C19H33N.C14H22S.C2H6/c1-9-20(8)17-14-16(11-10-15(17)2)19(6,7)13-12-18(3,4)5;1-4-6-11-14(3,5-2)12-7-9-13(15)10-8-12;1-2/h10-11,14H,9,12-13H2,1-8H3;6-7,9-12,15H,4-5,8H2,1-3H3;1-2H3. The van der Waals surface area contributed by atoms with Crippen LogP contribution in [0.2, 0.25) is 0 Å². The van der Waals surface area contributed by atoms with E-state index in [-0.39, 0.29) is 5.41 Å². The molecule has 0 aromatic heterocycles. The summed E-state index contributed by atoms with van der Waals surface area (Å²) in [4.78, 5) is 3.43. The van der Waals surface area contributed by atoms with E-state index in [2.05, 4.69) is 142 Å². The quantitative estimate of drug-likeness (QED) is 0.247. The lowest BCUT2D eigenvalue weighted by molar-refractivity contribution is 0.296. The van der Waals surface area contributed by atoms with Gasteiger partial charge in [-0.05, 0) is 90.2 Å². The van der Waals surface area contributed by atoms with Gasteiger partial charge in [-0.15, -0.1) is 12.6 Å². The fourth-order valence-corrected chi connectivity index (χ4v) is 4.62. The molecule has 2 heteroatoms. The van der Waals surface area contributed by atoms with Crippen LogP contribution in [0, 0.1) is 23.7 Å². The molecule has 1 aromatic rings. The SMILES string of the molecule is CC.CCC=CC(C)(CC)C1C=CC(S)=CC1.CCN(C)c1cc(C(C)(C)CCC(C)(C)C)ccc1C. The van der Waals surface area contributed by atoms with Crippen LogP contribution in [0.5, 0.6) is 0 Å². The van der Waals surface area contributed by atoms with E-state index < -0.39 is 0 Å². The third-order valence-electron chi connectivity index (χ3n) is 7.80. The summed E-state index contributed by atoms with van der Waals surface area (Å²) in [5, 5.41) is 0.